The SMILES string of the molecule is COCCCNC(=S)NCCC(c1ccccc1)c1ccccc1. The summed E-state index contributed by atoms with van der Waals surface area (Å²) in [5.41, 5.74) is 2.67. The second-order valence-electron chi connectivity index (χ2n) is 5.69. The van der Waals surface area contributed by atoms with Crippen LogP contribution in [0.2, 0.25) is 0 Å². The van der Waals surface area contributed by atoms with E-state index in [1.54, 1.807) is 7.11 Å². The van der Waals surface area contributed by atoms with Gasteiger partial charge in [0.15, 0.2) is 5.11 Å². The molecule has 0 aliphatic heterocycles. The zero-order valence-electron chi connectivity index (χ0n) is 14.2. The van der Waals surface area contributed by atoms with Crippen LogP contribution < -0.4 is 10.6 Å². The van der Waals surface area contributed by atoms with Gasteiger partial charge in [0.05, 0.1) is 0 Å². The lowest BCUT2D eigenvalue weighted by Crippen LogP contribution is -2.37. The Morgan fingerprint density at radius 2 is 1.46 bits per heavy atom. The van der Waals surface area contributed by atoms with Crippen molar-refractivity contribution in [2.24, 2.45) is 0 Å². The Bertz CT molecular complexity index is 550. The van der Waals surface area contributed by atoms with Crippen LogP contribution in [0.4, 0.5) is 0 Å². The van der Waals surface area contributed by atoms with E-state index in [9.17, 15) is 0 Å². The molecule has 0 saturated heterocycles. The predicted molar refractivity (Wildman–Crippen MR) is 104 cm³/mol. The summed E-state index contributed by atoms with van der Waals surface area (Å²) in [5, 5.41) is 7.23. The topological polar surface area (TPSA) is 33.3 Å². The van der Waals surface area contributed by atoms with Crippen molar-refractivity contribution in [2.45, 2.75) is 18.8 Å². The van der Waals surface area contributed by atoms with E-state index in [0.29, 0.717) is 11.0 Å². The van der Waals surface area contributed by atoms with Crippen LogP contribution in [0.25, 0.3) is 0 Å². The second-order valence-corrected chi connectivity index (χ2v) is 6.10. The number of hydrogen-bond donors (Lipinski definition) is 2. The molecule has 0 atom stereocenters. The fraction of sp³-hybridized carbons (Fsp3) is 0.350. The molecule has 0 aromatic heterocycles. The third kappa shape index (κ3) is 6.30. The van der Waals surface area contributed by atoms with Crippen molar-refractivity contribution in [3.8, 4) is 0 Å². The van der Waals surface area contributed by atoms with Crippen molar-refractivity contribution in [1.29, 1.82) is 0 Å². The smallest absolute Gasteiger partial charge is 0.166 e. The number of nitrogens with one attached hydrogen (secondary N) is 2. The molecule has 2 aromatic carbocycles. The molecule has 2 rings (SSSR count). The van der Waals surface area contributed by atoms with Crippen molar-refractivity contribution >= 4 is 17.3 Å². The Hall–Kier alpha value is -1.91. The number of hydrogen-bond acceptors (Lipinski definition) is 2. The average molecular weight is 343 g/mol. The molecule has 4 heteroatoms. The van der Waals surface area contributed by atoms with Gasteiger partial charge < -0.3 is 15.4 Å². The van der Waals surface area contributed by atoms with E-state index in [4.69, 9.17) is 17.0 Å². The van der Waals surface area contributed by atoms with Crippen molar-refractivity contribution in [2.75, 3.05) is 26.8 Å². The Morgan fingerprint density at radius 1 is 0.917 bits per heavy atom. The molecule has 0 aliphatic carbocycles. The van der Waals surface area contributed by atoms with Crippen LogP contribution in [0.5, 0.6) is 0 Å². The standard InChI is InChI=1S/C20H26N2OS/c1-23-16-8-14-21-20(24)22-15-13-19(17-9-4-2-5-10-17)18-11-6-3-7-12-18/h2-7,9-12,19H,8,13-16H2,1H3,(H2,21,22,24). The summed E-state index contributed by atoms with van der Waals surface area (Å²) < 4.78 is 5.03. The third-order valence-electron chi connectivity index (χ3n) is 3.93. The Kier molecular flexibility index (Phi) is 8.28. The van der Waals surface area contributed by atoms with Gasteiger partial charge in [-0.15, -0.1) is 0 Å². The summed E-state index contributed by atoms with van der Waals surface area (Å²) in [6, 6.07) is 21.3. The molecule has 0 aliphatic rings. The third-order valence-corrected chi connectivity index (χ3v) is 4.22. The lowest BCUT2D eigenvalue weighted by Gasteiger charge is -2.19. The van der Waals surface area contributed by atoms with Crippen molar-refractivity contribution in [1.82, 2.24) is 10.6 Å². The molecule has 0 amide bonds. The summed E-state index contributed by atoms with van der Waals surface area (Å²) in [5.74, 6) is 0.371. The van der Waals surface area contributed by atoms with Gasteiger partial charge in [-0.05, 0) is 36.2 Å². The predicted octanol–water partition coefficient (Wildman–Crippen LogP) is 3.71. The van der Waals surface area contributed by atoms with E-state index < -0.39 is 0 Å². The summed E-state index contributed by atoms with van der Waals surface area (Å²) in [7, 11) is 1.71. The van der Waals surface area contributed by atoms with Gasteiger partial charge in [-0.1, -0.05) is 60.7 Å². The fourth-order valence-electron chi connectivity index (χ4n) is 2.71. The summed E-state index contributed by atoms with van der Waals surface area (Å²) in [6.45, 7) is 2.42. The van der Waals surface area contributed by atoms with E-state index >= 15 is 0 Å². The molecule has 2 N–H and O–H groups in total. The first-order valence-corrected chi connectivity index (χ1v) is 8.82. The van der Waals surface area contributed by atoms with Gasteiger partial charge in [0.1, 0.15) is 0 Å². The summed E-state index contributed by atoms with van der Waals surface area (Å²) in [6.07, 6.45) is 1.95. The lowest BCUT2D eigenvalue weighted by atomic mass is 9.88. The van der Waals surface area contributed by atoms with Gasteiger partial charge >= 0.3 is 0 Å². The highest BCUT2D eigenvalue weighted by molar-refractivity contribution is 7.80. The largest absolute Gasteiger partial charge is 0.385 e. The van der Waals surface area contributed by atoms with E-state index in [-0.39, 0.29) is 0 Å². The molecule has 0 unspecified atom stereocenters. The minimum absolute atomic E-state index is 0.371. The zero-order valence-corrected chi connectivity index (χ0v) is 15.0. The van der Waals surface area contributed by atoms with Gasteiger partial charge in [0.25, 0.3) is 0 Å². The van der Waals surface area contributed by atoms with Crippen LogP contribution in [0.1, 0.15) is 29.9 Å². The van der Waals surface area contributed by atoms with Crippen LogP contribution in [-0.2, 0) is 4.74 Å². The summed E-state index contributed by atoms with van der Waals surface area (Å²) >= 11 is 5.33. The van der Waals surface area contributed by atoms with E-state index in [1.807, 2.05) is 0 Å². The normalized spacial score (nSPS) is 10.6. The highest BCUT2D eigenvalue weighted by atomic mass is 32.1. The molecule has 0 fully saturated rings. The van der Waals surface area contributed by atoms with Gasteiger partial charge in [-0.2, -0.15) is 0 Å². The molecule has 3 nitrogen and oxygen atoms in total. The van der Waals surface area contributed by atoms with Crippen molar-refractivity contribution in [3.63, 3.8) is 0 Å². The van der Waals surface area contributed by atoms with E-state index in [1.165, 1.54) is 11.1 Å². The number of methoxy groups -OCH3 is 1. The summed E-state index contributed by atoms with van der Waals surface area (Å²) in [4.78, 5) is 0. The highest BCUT2D eigenvalue weighted by Gasteiger charge is 2.13. The van der Waals surface area contributed by atoms with E-state index in [0.717, 1.165) is 32.5 Å². The van der Waals surface area contributed by atoms with Gasteiger partial charge in [-0.25, -0.2) is 0 Å². The van der Waals surface area contributed by atoms with Gasteiger partial charge in [0.2, 0.25) is 0 Å². The van der Waals surface area contributed by atoms with Crippen molar-refractivity contribution < 1.29 is 4.74 Å². The molecule has 0 spiro atoms. The maximum Gasteiger partial charge on any atom is 0.166 e. The zero-order chi connectivity index (χ0) is 17.0. The second kappa shape index (κ2) is 10.8. The Labute approximate surface area is 150 Å². The first kappa shape index (κ1) is 18.4. The first-order valence-electron chi connectivity index (χ1n) is 8.42. The highest BCUT2D eigenvalue weighted by Crippen LogP contribution is 2.27. The van der Waals surface area contributed by atoms with Gasteiger partial charge in [0, 0.05) is 32.7 Å². The number of ether oxygens (including phenoxy) is 1. The molecule has 24 heavy (non-hydrogen) atoms. The maximum absolute atomic E-state index is 5.33. The quantitative estimate of drug-likeness (QED) is 0.538. The average Bonchev–Trinajstić information content (AvgIpc) is 2.64. The molecule has 0 bridgehead atoms. The van der Waals surface area contributed by atoms with Crippen LogP contribution >= 0.6 is 12.2 Å². The molecule has 0 radical (unpaired) electrons. The molecule has 2 aromatic rings. The van der Waals surface area contributed by atoms with Crippen LogP contribution in [-0.4, -0.2) is 31.9 Å². The maximum atomic E-state index is 5.33. The molecular formula is C20H26N2OS. The molecule has 128 valence electrons. The Morgan fingerprint density at radius 3 is 2.00 bits per heavy atom. The molecule has 0 saturated carbocycles. The van der Waals surface area contributed by atoms with Gasteiger partial charge in [-0.3, -0.25) is 0 Å². The Balaban J connectivity index is 1.87. The molecular weight excluding hydrogens is 316 g/mol. The van der Waals surface area contributed by atoms with E-state index in [2.05, 4.69) is 71.3 Å². The number of benzene rings is 2. The molecule has 0 heterocycles. The van der Waals surface area contributed by atoms with Crippen LogP contribution in [0.3, 0.4) is 0 Å². The number of thiocarbonyl (C=S) groups is 1. The fourth-order valence-corrected chi connectivity index (χ4v) is 2.91. The van der Waals surface area contributed by atoms with Crippen LogP contribution in [0.15, 0.2) is 60.7 Å². The van der Waals surface area contributed by atoms with Crippen LogP contribution in [0, 0.1) is 0 Å². The minimum Gasteiger partial charge on any atom is -0.385 e. The number of rotatable bonds is 9. The first-order chi connectivity index (χ1) is 11.8. The minimum atomic E-state index is 0.371. The lowest BCUT2D eigenvalue weighted by molar-refractivity contribution is 0.195. The monoisotopic (exact) mass is 342 g/mol. The van der Waals surface area contributed by atoms with Crippen molar-refractivity contribution in [3.05, 3.63) is 71.8 Å².